The minimum Gasteiger partial charge on any atom is -0.211 e. The second-order valence-corrected chi connectivity index (χ2v) is 9.82. The fourth-order valence-corrected chi connectivity index (χ4v) is 5.33. The highest BCUT2D eigenvalue weighted by Crippen LogP contribution is 2.28. The average Bonchev–Trinajstić information content (AvgIpc) is 2.56. The van der Waals surface area contributed by atoms with E-state index in [-0.39, 0.29) is 23.9 Å². The van der Waals surface area contributed by atoms with Crippen LogP contribution >= 0.6 is 11.6 Å². The van der Waals surface area contributed by atoms with Gasteiger partial charge in [0.25, 0.3) is 0 Å². The molecule has 1 fully saturated rings. The Hall–Kier alpha value is -0.930. The summed E-state index contributed by atoms with van der Waals surface area (Å²) in [6.45, 7) is 5.79. The van der Waals surface area contributed by atoms with Crippen LogP contribution in [0.4, 0.5) is 0 Å². The molecule has 1 heterocycles. The van der Waals surface area contributed by atoms with Crippen molar-refractivity contribution in [2.75, 3.05) is 19.6 Å². The monoisotopic (exact) mass is 392 g/mol. The first kappa shape index (κ1) is 19.4. The number of nitrogens with zero attached hydrogens (tertiary/aromatic N) is 1. The SMILES string of the molecule is C=CS(=O)(=O)NC[C@H]1CCCN(S(=O)(=O)c2cccc(Cl)c2C)C1. The van der Waals surface area contributed by atoms with Gasteiger partial charge in [0.1, 0.15) is 0 Å². The smallest absolute Gasteiger partial charge is 0.211 e. The molecule has 0 aliphatic carbocycles. The van der Waals surface area contributed by atoms with Crippen molar-refractivity contribution >= 4 is 31.6 Å². The highest BCUT2D eigenvalue weighted by molar-refractivity contribution is 7.92. The van der Waals surface area contributed by atoms with E-state index in [4.69, 9.17) is 11.6 Å². The fraction of sp³-hybridized carbons (Fsp3) is 0.467. The minimum absolute atomic E-state index is 0.0808. The van der Waals surface area contributed by atoms with Crippen LogP contribution in [0.5, 0.6) is 0 Å². The molecule has 24 heavy (non-hydrogen) atoms. The molecule has 0 radical (unpaired) electrons. The van der Waals surface area contributed by atoms with E-state index in [0.29, 0.717) is 23.6 Å². The van der Waals surface area contributed by atoms with Gasteiger partial charge >= 0.3 is 0 Å². The molecule has 2 rings (SSSR count). The van der Waals surface area contributed by atoms with Gasteiger partial charge in [-0.15, -0.1) is 0 Å². The Kier molecular flexibility index (Phi) is 6.09. The summed E-state index contributed by atoms with van der Waals surface area (Å²) in [5, 5.41) is 1.25. The fourth-order valence-electron chi connectivity index (χ4n) is 2.71. The van der Waals surface area contributed by atoms with Crippen molar-refractivity contribution in [2.45, 2.75) is 24.7 Å². The number of nitrogens with one attached hydrogen (secondary N) is 1. The van der Waals surface area contributed by atoms with Gasteiger partial charge in [-0.1, -0.05) is 24.2 Å². The van der Waals surface area contributed by atoms with E-state index in [2.05, 4.69) is 11.3 Å². The molecular formula is C15H21ClN2O4S2. The van der Waals surface area contributed by atoms with Crippen LogP contribution in [0.25, 0.3) is 0 Å². The van der Waals surface area contributed by atoms with E-state index in [1.165, 1.54) is 4.31 Å². The zero-order valence-corrected chi connectivity index (χ0v) is 15.8. The Morgan fingerprint density at radius 2 is 2.08 bits per heavy atom. The Bertz CT molecular complexity index is 822. The summed E-state index contributed by atoms with van der Waals surface area (Å²) < 4.78 is 52.5. The second-order valence-electron chi connectivity index (χ2n) is 5.79. The summed E-state index contributed by atoms with van der Waals surface area (Å²) >= 11 is 6.03. The second kappa shape index (κ2) is 7.53. The molecule has 0 saturated carbocycles. The van der Waals surface area contributed by atoms with Gasteiger partial charge < -0.3 is 0 Å². The Labute approximate surface area is 148 Å². The molecule has 1 N–H and O–H groups in total. The highest BCUT2D eigenvalue weighted by atomic mass is 35.5. The molecule has 1 aromatic rings. The van der Waals surface area contributed by atoms with Crippen molar-refractivity contribution in [1.29, 1.82) is 0 Å². The number of hydrogen-bond donors (Lipinski definition) is 1. The molecule has 1 atom stereocenters. The molecule has 0 aromatic heterocycles. The van der Waals surface area contributed by atoms with Crippen molar-refractivity contribution in [2.24, 2.45) is 5.92 Å². The lowest BCUT2D eigenvalue weighted by Gasteiger charge is -2.32. The number of piperidine rings is 1. The van der Waals surface area contributed by atoms with Gasteiger partial charge in [-0.05, 0) is 43.4 Å². The zero-order chi connectivity index (χ0) is 18.0. The van der Waals surface area contributed by atoms with E-state index in [9.17, 15) is 16.8 Å². The van der Waals surface area contributed by atoms with E-state index >= 15 is 0 Å². The normalized spacial score (nSPS) is 20.0. The van der Waals surface area contributed by atoms with Crippen LogP contribution in [0.15, 0.2) is 35.1 Å². The number of hydrogen-bond acceptors (Lipinski definition) is 4. The molecule has 9 heteroatoms. The first-order chi connectivity index (χ1) is 11.2. The Balaban J connectivity index is 2.16. The largest absolute Gasteiger partial charge is 0.243 e. The van der Waals surface area contributed by atoms with E-state index in [1.807, 2.05) is 0 Å². The number of rotatable bonds is 6. The van der Waals surface area contributed by atoms with Gasteiger partial charge in [0, 0.05) is 30.1 Å². The summed E-state index contributed by atoms with van der Waals surface area (Å²) in [6, 6.07) is 4.81. The number of benzene rings is 1. The third-order valence-electron chi connectivity index (χ3n) is 4.11. The van der Waals surface area contributed by atoms with Crippen molar-refractivity contribution in [3.8, 4) is 0 Å². The van der Waals surface area contributed by atoms with Gasteiger partial charge in [-0.3, -0.25) is 0 Å². The maximum absolute atomic E-state index is 12.9. The third-order valence-corrected chi connectivity index (χ3v) is 7.54. The predicted molar refractivity (Wildman–Crippen MR) is 94.8 cm³/mol. The first-order valence-corrected chi connectivity index (χ1v) is 10.9. The third kappa shape index (κ3) is 4.37. The Morgan fingerprint density at radius 1 is 1.38 bits per heavy atom. The first-order valence-electron chi connectivity index (χ1n) is 7.55. The van der Waals surface area contributed by atoms with Crippen molar-refractivity contribution in [1.82, 2.24) is 9.03 Å². The van der Waals surface area contributed by atoms with Crippen molar-refractivity contribution < 1.29 is 16.8 Å². The van der Waals surface area contributed by atoms with E-state index in [1.54, 1.807) is 25.1 Å². The lowest BCUT2D eigenvalue weighted by Crippen LogP contribution is -2.43. The average molecular weight is 393 g/mol. The van der Waals surface area contributed by atoms with Crippen LogP contribution in [-0.2, 0) is 20.0 Å². The molecule has 1 aromatic carbocycles. The molecule has 0 unspecified atom stereocenters. The van der Waals surface area contributed by atoms with Crippen LogP contribution in [-0.4, -0.2) is 40.8 Å². The van der Waals surface area contributed by atoms with Crippen LogP contribution in [0.3, 0.4) is 0 Å². The predicted octanol–water partition coefficient (Wildman–Crippen LogP) is 2.11. The molecule has 134 valence electrons. The summed E-state index contributed by atoms with van der Waals surface area (Å²) in [6.07, 6.45) is 1.44. The highest BCUT2D eigenvalue weighted by Gasteiger charge is 2.31. The summed E-state index contributed by atoms with van der Waals surface area (Å²) in [4.78, 5) is 0.197. The zero-order valence-electron chi connectivity index (χ0n) is 13.4. The van der Waals surface area contributed by atoms with Gasteiger partial charge in [0.15, 0.2) is 0 Å². The summed E-state index contributed by atoms with van der Waals surface area (Å²) in [5.41, 5.74) is 0.522. The Morgan fingerprint density at radius 3 is 2.75 bits per heavy atom. The van der Waals surface area contributed by atoms with Crippen LogP contribution in [0, 0.1) is 12.8 Å². The van der Waals surface area contributed by atoms with Gasteiger partial charge in [0.2, 0.25) is 20.0 Å². The van der Waals surface area contributed by atoms with Crippen LogP contribution in [0.2, 0.25) is 5.02 Å². The lowest BCUT2D eigenvalue weighted by atomic mass is 10.0. The number of halogens is 1. The molecule has 0 bridgehead atoms. The number of sulfonamides is 2. The molecule has 6 nitrogen and oxygen atoms in total. The molecule has 0 spiro atoms. The molecule has 1 saturated heterocycles. The lowest BCUT2D eigenvalue weighted by molar-refractivity contribution is 0.267. The molecule has 1 aliphatic heterocycles. The van der Waals surface area contributed by atoms with Crippen LogP contribution in [0.1, 0.15) is 18.4 Å². The van der Waals surface area contributed by atoms with E-state index in [0.717, 1.165) is 11.8 Å². The molecule has 1 aliphatic rings. The summed E-state index contributed by atoms with van der Waals surface area (Å²) in [5.74, 6) is -0.0808. The maximum atomic E-state index is 12.9. The quantitative estimate of drug-likeness (QED) is 0.803. The maximum Gasteiger partial charge on any atom is 0.243 e. The van der Waals surface area contributed by atoms with Gasteiger partial charge in [-0.25, -0.2) is 21.6 Å². The molecule has 0 amide bonds. The minimum atomic E-state index is -3.66. The summed E-state index contributed by atoms with van der Waals surface area (Å²) in [7, 11) is -7.16. The topological polar surface area (TPSA) is 83.6 Å². The van der Waals surface area contributed by atoms with Crippen LogP contribution < -0.4 is 4.72 Å². The van der Waals surface area contributed by atoms with Gasteiger partial charge in [-0.2, -0.15) is 4.31 Å². The van der Waals surface area contributed by atoms with Crippen molar-refractivity contribution in [3.05, 3.63) is 40.8 Å². The standard InChI is InChI=1S/C15H21ClN2O4S2/c1-3-23(19,20)17-10-13-6-5-9-18(11-13)24(21,22)15-8-4-7-14(16)12(15)2/h3-4,7-8,13,17H,1,5-6,9-11H2,2H3/t13-/m1/s1. The molecular weight excluding hydrogens is 372 g/mol. The van der Waals surface area contributed by atoms with Gasteiger partial charge in [0.05, 0.1) is 4.90 Å². The van der Waals surface area contributed by atoms with Crippen molar-refractivity contribution in [3.63, 3.8) is 0 Å². The van der Waals surface area contributed by atoms with E-state index < -0.39 is 20.0 Å².